The van der Waals surface area contributed by atoms with Crippen molar-refractivity contribution in [1.29, 1.82) is 5.26 Å². The van der Waals surface area contributed by atoms with E-state index in [1.165, 1.54) is 40.5 Å². The molecule has 1 aromatic heterocycles. The lowest BCUT2D eigenvalue weighted by atomic mass is 9.85. The number of nitriles is 1. The minimum atomic E-state index is -1.14. The van der Waals surface area contributed by atoms with Gasteiger partial charge in [-0.2, -0.15) is 5.26 Å². The number of likely N-dealkylation sites (tertiary alicyclic amines) is 1. The first-order valence-electron chi connectivity index (χ1n) is 21.9. The van der Waals surface area contributed by atoms with E-state index in [1.807, 2.05) is 51.1 Å². The van der Waals surface area contributed by atoms with Crippen molar-refractivity contribution in [3.05, 3.63) is 95.2 Å². The van der Waals surface area contributed by atoms with Crippen LogP contribution >= 0.6 is 23.8 Å². The first-order valence-corrected chi connectivity index (χ1v) is 22.7. The van der Waals surface area contributed by atoms with Crippen LogP contribution in [0.1, 0.15) is 71.4 Å². The van der Waals surface area contributed by atoms with E-state index in [2.05, 4.69) is 15.6 Å². The van der Waals surface area contributed by atoms with Crippen molar-refractivity contribution in [2.45, 2.75) is 90.6 Å². The molecule has 0 spiro atoms. The van der Waals surface area contributed by atoms with E-state index in [1.54, 1.807) is 37.1 Å². The zero-order chi connectivity index (χ0) is 48.5. The van der Waals surface area contributed by atoms with Crippen LogP contribution in [0, 0.1) is 22.6 Å². The van der Waals surface area contributed by atoms with E-state index in [9.17, 15) is 29.5 Å². The van der Waals surface area contributed by atoms with Gasteiger partial charge in [0.25, 0.3) is 5.91 Å². The summed E-state index contributed by atoms with van der Waals surface area (Å²) in [5, 5.41) is 25.7. The van der Waals surface area contributed by atoms with Crippen molar-refractivity contribution < 1.29 is 47.3 Å². The molecule has 2 fully saturated rings. The van der Waals surface area contributed by atoms with E-state index in [0.717, 1.165) is 11.1 Å². The van der Waals surface area contributed by atoms with E-state index >= 15 is 4.39 Å². The Hall–Kier alpha value is -5.97. The summed E-state index contributed by atoms with van der Waals surface area (Å²) in [6.45, 7) is 9.97. The lowest BCUT2D eigenvalue weighted by molar-refractivity contribution is -0.144. The number of amides is 4. The normalized spacial score (nSPS) is 17.4. The van der Waals surface area contributed by atoms with Crippen LogP contribution in [0.2, 0.25) is 5.02 Å². The summed E-state index contributed by atoms with van der Waals surface area (Å²) in [7, 11) is 0. The van der Waals surface area contributed by atoms with Crippen LogP contribution in [0.25, 0.3) is 11.3 Å². The molecule has 356 valence electrons. The highest BCUT2D eigenvalue weighted by Gasteiger charge is 2.50. The molecule has 16 nitrogen and oxygen atoms in total. The van der Waals surface area contributed by atoms with Crippen molar-refractivity contribution in [2.75, 3.05) is 49.4 Å². The largest absolute Gasteiger partial charge is 0.491 e. The predicted molar refractivity (Wildman–Crippen MR) is 251 cm³/mol. The molecule has 0 aliphatic carbocycles. The van der Waals surface area contributed by atoms with Gasteiger partial charge in [-0.15, -0.1) is 0 Å². The molecule has 3 atom stereocenters. The second-order valence-corrected chi connectivity index (χ2v) is 18.6. The highest BCUT2D eigenvalue weighted by molar-refractivity contribution is 7.81. The third kappa shape index (κ3) is 12.3. The van der Waals surface area contributed by atoms with Gasteiger partial charge in [-0.3, -0.25) is 24.1 Å². The maximum atomic E-state index is 15.3. The van der Waals surface area contributed by atoms with Crippen molar-refractivity contribution in [3.8, 4) is 23.1 Å². The van der Waals surface area contributed by atoms with Gasteiger partial charge in [-0.05, 0) is 86.6 Å². The number of hydrogen-bond acceptors (Lipinski definition) is 12. The van der Waals surface area contributed by atoms with E-state index < -0.39 is 52.7 Å². The number of anilines is 2. The van der Waals surface area contributed by atoms with Gasteiger partial charge >= 0.3 is 0 Å². The number of unbranched alkanes of at least 4 members (excludes halogenated alkanes) is 1. The van der Waals surface area contributed by atoms with Crippen molar-refractivity contribution in [1.82, 2.24) is 20.5 Å². The molecule has 19 heteroatoms. The molecular weight excluding hydrogens is 905 g/mol. The standard InChI is InChI=1S/C48H55ClFN7O9S/c1-47(2,3)42(44(61)55-27-35(58)23-38(55)43(60)53-25-30-9-11-31(12-10-30)40-26-52-29-66-40)54-41(59)28-64-19-8-18-63-17-6-7-20-65-39-16-15-34(22-37(39)50)57-46(67)56(45(62)48(57,4)5)33-14-13-32(24-51)36(49)21-33/h9-16,21-22,26,29,35,38,42,58H,6-8,17-20,23,25,27-28H2,1-5H3,(H,53,60)(H,54,59)/t35-,38+,42-/m1/s1. The van der Waals surface area contributed by atoms with Crippen molar-refractivity contribution >= 4 is 63.9 Å². The lowest BCUT2D eigenvalue weighted by Gasteiger charge is -2.35. The Labute approximate surface area is 399 Å². The number of benzene rings is 3. The highest BCUT2D eigenvalue weighted by Crippen LogP contribution is 2.39. The third-order valence-electron chi connectivity index (χ3n) is 11.3. The maximum Gasteiger partial charge on any atom is 0.259 e. The van der Waals surface area contributed by atoms with Crippen molar-refractivity contribution in [3.63, 3.8) is 0 Å². The lowest BCUT2D eigenvalue weighted by Crippen LogP contribution is -2.58. The van der Waals surface area contributed by atoms with E-state index in [-0.39, 0.29) is 66.7 Å². The zero-order valence-corrected chi connectivity index (χ0v) is 39.6. The van der Waals surface area contributed by atoms with Crippen LogP contribution in [0.3, 0.4) is 0 Å². The fourth-order valence-electron chi connectivity index (χ4n) is 7.73. The minimum absolute atomic E-state index is 0.0415. The quantitative estimate of drug-likeness (QED) is 0.0658. The number of carbonyl (C=O) groups is 4. The number of aliphatic hydroxyl groups is 1. The Kier molecular flexibility index (Phi) is 16.7. The summed E-state index contributed by atoms with van der Waals surface area (Å²) in [6.07, 6.45) is 3.88. The van der Waals surface area contributed by atoms with Gasteiger partial charge in [0, 0.05) is 56.6 Å². The molecule has 0 unspecified atom stereocenters. The summed E-state index contributed by atoms with van der Waals surface area (Å²) in [4.78, 5) is 61.9. The van der Waals surface area contributed by atoms with Gasteiger partial charge in [0.1, 0.15) is 30.3 Å². The molecule has 2 aliphatic rings. The molecule has 6 rings (SSSR count). The number of aliphatic hydroxyl groups excluding tert-OH is 1. The van der Waals surface area contributed by atoms with Crippen LogP contribution in [0.5, 0.6) is 5.75 Å². The summed E-state index contributed by atoms with van der Waals surface area (Å²) in [5.74, 6) is -1.65. The van der Waals surface area contributed by atoms with Gasteiger partial charge in [0.15, 0.2) is 28.8 Å². The van der Waals surface area contributed by atoms with E-state index in [4.69, 9.17) is 42.4 Å². The number of aromatic nitrogens is 1. The molecule has 67 heavy (non-hydrogen) atoms. The smallest absolute Gasteiger partial charge is 0.259 e. The SMILES string of the molecule is CC(C)(C)[C@H](NC(=O)COCCCOCCCCOc1ccc(N2C(=S)N(c3ccc(C#N)c(Cl)c3)C(=O)C2(C)C)cc1F)C(=O)N1C[C@H](O)C[C@H]1C(=O)NCc1ccc(-c2cnco2)cc1. The molecule has 3 aromatic carbocycles. The maximum absolute atomic E-state index is 15.3. The third-order valence-corrected chi connectivity index (χ3v) is 12.0. The minimum Gasteiger partial charge on any atom is -0.491 e. The topological polar surface area (TPSA) is 200 Å². The van der Waals surface area contributed by atoms with Crippen LogP contribution in [-0.2, 0) is 35.2 Å². The number of ether oxygens (including phenoxy) is 3. The number of β-amino-alcohol motifs (C(OH)–C–C–N with tert-alkyl or cyclic N) is 1. The molecule has 2 saturated heterocycles. The number of hydrogen-bond donors (Lipinski definition) is 3. The second-order valence-electron chi connectivity index (χ2n) is 17.8. The van der Waals surface area contributed by atoms with Crippen LogP contribution in [-0.4, -0.2) is 107 Å². The number of nitrogens with zero attached hydrogens (tertiary/aromatic N) is 5. The number of halogens is 2. The average molecular weight is 961 g/mol. The Morgan fingerprint density at radius 3 is 2.40 bits per heavy atom. The molecule has 0 bridgehead atoms. The van der Waals surface area contributed by atoms with Gasteiger partial charge in [0.05, 0.1) is 35.2 Å². The first kappa shape index (κ1) is 50.4. The predicted octanol–water partition coefficient (Wildman–Crippen LogP) is 6.31. The molecule has 3 N–H and O–H groups in total. The van der Waals surface area contributed by atoms with Gasteiger partial charge in [-0.25, -0.2) is 9.37 Å². The second kappa shape index (κ2) is 22.2. The Morgan fingerprint density at radius 2 is 1.73 bits per heavy atom. The summed E-state index contributed by atoms with van der Waals surface area (Å²) >= 11 is 11.9. The fourth-order valence-corrected chi connectivity index (χ4v) is 8.47. The molecule has 4 amide bonds. The molecule has 0 saturated carbocycles. The van der Waals surface area contributed by atoms with Crippen LogP contribution in [0.15, 0.2) is 77.7 Å². The Morgan fingerprint density at radius 1 is 1.03 bits per heavy atom. The van der Waals surface area contributed by atoms with Crippen LogP contribution in [0.4, 0.5) is 15.8 Å². The highest BCUT2D eigenvalue weighted by atomic mass is 35.5. The molecule has 3 heterocycles. The summed E-state index contributed by atoms with van der Waals surface area (Å²) < 4.78 is 37.6. The number of rotatable bonds is 20. The Bertz CT molecular complexity index is 2460. The monoisotopic (exact) mass is 959 g/mol. The number of carbonyl (C=O) groups excluding carboxylic acids is 4. The van der Waals surface area contributed by atoms with Gasteiger partial charge < -0.3 is 44.2 Å². The van der Waals surface area contributed by atoms with E-state index in [0.29, 0.717) is 49.6 Å². The van der Waals surface area contributed by atoms with Crippen molar-refractivity contribution in [2.24, 2.45) is 5.41 Å². The molecular formula is C48H55ClFN7O9S. The zero-order valence-electron chi connectivity index (χ0n) is 38.1. The fraction of sp³-hybridized carbons (Fsp3) is 0.438. The summed E-state index contributed by atoms with van der Waals surface area (Å²) in [5.41, 5.74) is 0.834. The number of nitrogens with one attached hydrogen (secondary N) is 2. The molecule has 4 aromatic rings. The average Bonchev–Trinajstić information content (AvgIpc) is 4.01. The first-order chi connectivity index (χ1) is 31.9. The summed E-state index contributed by atoms with van der Waals surface area (Å²) in [6, 6.07) is 16.5. The number of oxazole rings is 1. The Balaban J connectivity index is 0.866. The molecule has 2 aliphatic heterocycles. The van der Waals surface area contributed by atoms with Gasteiger partial charge in [-0.1, -0.05) is 56.6 Å². The molecule has 0 radical (unpaired) electrons. The van der Waals surface area contributed by atoms with Crippen LogP contribution < -0.4 is 25.2 Å². The van der Waals surface area contributed by atoms with Gasteiger partial charge in [0.2, 0.25) is 17.7 Å². The number of thiocarbonyl (C=S) groups is 1.